The fraction of sp³-hybridized carbons (Fsp3) is 0.429. The maximum absolute atomic E-state index is 5.61. The van der Waals surface area contributed by atoms with E-state index in [-0.39, 0.29) is 0 Å². The lowest BCUT2D eigenvalue weighted by Gasteiger charge is -2.13. The minimum absolute atomic E-state index is 0.633. The molecule has 0 heterocycles. The lowest BCUT2D eigenvalue weighted by molar-refractivity contribution is 0.319. The predicted molar refractivity (Wildman–Crippen MR) is 73.6 cm³/mol. The van der Waals surface area contributed by atoms with Crippen molar-refractivity contribution in [3.63, 3.8) is 0 Å². The zero-order chi connectivity index (χ0) is 12.7. The third kappa shape index (κ3) is 3.98. The summed E-state index contributed by atoms with van der Waals surface area (Å²) in [5, 5.41) is 0. The Kier molecular flexibility index (Phi) is 5.93. The highest BCUT2D eigenvalue weighted by Gasteiger charge is 2.09. The molecule has 0 saturated heterocycles. The lowest BCUT2D eigenvalue weighted by Crippen LogP contribution is -2.00. The Morgan fingerprint density at radius 1 is 1.18 bits per heavy atom. The molecule has 2 nitrogen and oxygen atoms in total. The number of ether oxygens (including phenoxy) is 2. The van der Waals surface area contributed by atoms with Crippen molar-refractivity contribution >= 4 is 15.9 Å². The van der Waals surface area contributed by atoms with Crippen LogP contribution in [0.25, 0.3) is 0 Å². The topological polar surface area (TPSA) is 18.5 Å². The van der Waals surface area contributed by atoms with Gasteiger partial charge in [0.25, 0.3) is 0 Å². The number of benzene rings is 1. The number of aryl methyl sites for hydroxylation is 1. The molecule has 0 bridgehead atoms. The Labute approximate surface area is 111 Å². The van der Waals surface area contributed by atoms with Gasteiger partial charge in [0.05, 0.1) is 17.7 Å². The van der Waals surface area contributed by atoms with Crippen molar-refractivity contribution in [2.45, 2.75) is 26.7 Å². The van der Waals surface area contributed by atoms with Gasteiger partial charge in [0.2, 0.25) is 0 Å². The van der Waals surface area contributed by atoms with E-state index in [2.05, 4.69) is 21.9 Å². The molecule has 0 radical (unpaired) electrons. The van der Waals surface area contributed by atoms with E-state index < -0.39 is 0 Å². The first-order chi connectivity index (χ1) is 8.22. The van der Waals surface area contributed by atoms with E-state index in [1.165, 1.54) is 0 Å². The standard InChI is InChI=1S/C14H17BrO2/c1-4-7-8-11-9-12(15)14(17-6-3)10-13(11)16-5-2/h1,9-10H,5-8H2,2-3H3. The van der Waals surface area contributed by atoms with Crippen molar-refractivity contribution in [1.29, 1.82) is 0 Å². The molecule has 1 aromatic rings. The highest BCUT2D eigenvalue weighted by atomic mass is 79.9. The average molecular weight is 297 g/mol. The van der Waals surface area contributed by atoms with Gasteiger partial charge >= 0.3 is 0 Å². The van der Waals surface area contributed by atoms with Gasteiger partial charge < -0.3 is 9.47 Å². The minimum atomic E-state index is 0.633. The van der Waals surface area contributed by atoms with Crippen molar-refractivity contribution < 1.29 is 9.47 Å². The number of terminal acetylenes is 1. The van der Waals surface area contributed by atoms with Crippen LogP contribution in [-0.4, -0.2) is 13.2 Å². The normalized spacial score (nSPS) is 9.76. The van der Waals surface area contributed by atoms with E-state index in [1.54, 1.807) is 0 Å². The molecule has 1 aromatic carbocycles. The SMILES string of the molecule is C#CCCc1cc(Br)c(OCC)cc1OCC. The fourth-order valence-corrected chi connectivity index (χ4v) is 2.04. The monoisotopic (exact) mass is 296 g/mol. The Balaban J connectivity index is 3.02. The molecule has 0 saturated carbocycles. The highest BCUT2D eigenvalue weighted by molar-refractivity contribution is 9.10. The zero-order valence-electron chi connectivity index (χ0n) is 10.3. The molecule has 0 unspecified atom stereocenters. The maximum Gasteiger partial charge on any atom is 0.137 e. The van der Waals surface area contributed by atoms with Crippen molar-refractivity contribution in [3.05, 3.63) is 22.2 Å². The van der Waals surface area contributed by atoms with Crippen LogP contribution in [0, 0.1) is 12.3 Å². The van der Waals surface area contributed by atoms with Crippen molar-refractivity contribution in [3.8, 4) is 23.8 Å². The van der Waals surface area contributed by atoms with E-state index in [4.69, 9.17) is 15.9 Å². The van der Waals surface area contributed by atoms with Gasteiger partial charge in [0, 0.05) is 12.5 Å². The summed E-state index contributed by atoms with van der Waals surface area (Å²) in [6, 6.07) is 3.94. The quantitative estimate of drug-likeness (QED) is 0.743. The molecule has 92 valence electrons. The third-order valence-electron chi connectivity index (χ3n) is 2.25. The molecular weight excluding hydrogens is 280 g/mol. The largest absolute Gasteiger partial charge is 0.493 e. The van der Waals surface area contributed by atoms with Crippen LogP contribution in [0.15, 0.2) is 16.6 Å². The maximum atomic E-state index is 5.61. The molecule has 0 aliphatic heterocycles. The van der Waals surface area contributed by atoms with E-state index in [0.717, 1.165) is 28.0 Å². The molecule has 0 aromatic heterocycles. The van der Waals surface area contributed by atoms with Gasteiger partial charge in [-0.05, 0) is 47.8 Å². The van der Waals surface area contributed by atoms with Crippen molar-refractivity contribution in [2.24, 2.45) is 0 Å². The predicted octanol–water partition coefficient (Wildman–Crippen LogP) is 3.81. The number of hydrogen-bond acceptors (Lipinski definition) is 2. The Bertz CT molecular complexity index is 407. The molecular formula is C14H17BrO2. The number of halogens is 1. The zero-order valence-corrected chi connectivity index (χ0v) is 11.8. The third-order valence-corrected chi connectivity index (χ3v) is 2.87. The van der Waals surface area contributed by atoms with Crippen LogP contribution >= 0.6 is 15.9 Å². The Hall–Kier alpha value is -1.14. The summed E-state index contributed by atoms with van der Waals surface area (Å²) in [4.78, 5) is 0. The Morgan fingerprint density at radius 2 is 1.82 bits per heavy atom. The van der Waals surface area contributed by atoms with Crippen LogP contribution in [0.2, 0.25) is 0 Å². The molecule has 1 rings (SSSR count). The highest BCUT2D eigenvalue weighted by Crippen LogP contribution is 2.33. The molecule has 0 atom stereocenters. The summed E-state index contributed by atoms with van der Waals surface area (Å²) in [6.07, 6.45) is 6.81. The van der Waals surface area contributed by atoms with E-state index in [9.17, 15) is 0 Å². The Morgan fingerprint density at radius 3 is 2.41 bits per heavy atom. The van der Waals surface area contributed by atoms with Crippen LogP contribution in [0.1, 0.15) is 25.8 Å². The van der Waals surface area contributed by atoms with E-state index in [1.807, 2.05) is 26.0 Å². The van der Waals surface area contributed by atoms with Gasteiger partial charge in [-0.3, -0.25) is 0 Å². The first kappa shape index (κ1) is 13.9. The molecule has 3 heteroatoms. The van der Waals surface area contributed by atoms with Crippen LogP contribution < -0.4 is 9.47 Å². The summed E-state index contributed by atoms with van der Waals surface area (Å²) in [5.74, 6) is 4.30. The molecule has 0 N–H and O–H groups in total. The van der Waals surface area contributed by atoms with E-state index in [0.29, 0.717) is 19.6 Å². The van der Waals surface area contributed by atoms with Crippen molar-refractivity contribution in [1.82, 2.24) is 0 Å². The number of rotatable bonds is 6. The first-order valence-electron chi connectivity index (χ1n) is 5.74. The van der Waals surface area contributed by atoms with Crippen LogP contribution in [-0.2, 0) is 6.42 Å². The summed E-state index contributed by atoms with van der Waals surface area (Å²) < 4.78 is 12.1. The smallest absolute Gasteiger partial charge is 0.137 e. The van der Waals surface area contributed by atoms with Gasteiger partial charge in [0.1, 0.15) is 11.5 Å². The van der Waals surface area contributed by atoms with Crippen LogP contribution in [0.5, 0.6) is 11.5 Å². The minimum Gasteiger partial charge on any atom is -0.493 e. The summed E-state index contributed by atoms with van der Waals surface area (Å²) in [7, 11) is 0. The second-order valence-corrected chi connectivity index (χ2v) is 4.31. The summed E-state index contributed by atoms with van der Waals surface area (Å²) >= 11 is 3.49. The molecule has 0 aliphatic carbocycles. The molecule has 0 spiro atoms. The van der Waals surface area contributed by atoms with Gasteiger partial charge in [-0.25, -0.2) is 0 Å². The lowest BCUT2D eigenvalue weighted by atomic mass is 10.1. The molecule has 0 fully saturated rings. The van der Waals surface area contributed by atoms with Crippen LogP contribution in [0.3, 0.4) is 0 Å². The van der Waals surface area contributed by atoms with Gasteiger partial charge in [0.15, 0.2) is 0 Å². The second-order valence-electron chi connectivity index (χ2n) is 3.46. The summed E-state index contributed by atoms with van der Waals surface area (Å²) in [6.45, 7) is 5.19. The fourth-order valence-electron chi connectivity index (χ4n) is 1.53. The summed E-state index contributed by atoms with van der Waals surface area (Å²) in [5.41, 5.74) is 1.11. The molecule has 0 amide bonds. The van der Waals surface area contributed by atoms with Gasteiger partial charge in [-0.2, -0.15) is 0 Å². The van der Waals surface area contributed by atoms with E-state index >= 15 is 0 Å². The second kappa shape index (κ2) is 7.24. The van der Waals surface area contributed by atoms with Crippen molar-refractivity contribution in [2.75, 3.05) is 13.2 Å². The molecule has 17 heavy (non-hydrogen) atoms. The van der Waals surface area contributed by atoms with Crippen LogP contribution in [0.4, 0.5) is 0 Å². The molecule has 0 aliphatic rings. The van der Waals surface area contributed by atoms with Gasteiger partial charge in [-0.15, -0.1) is 12.3 Å². The first-order valence-corrected chi connectivity index (χ1v) is 6.53. The van der Waals surface area contributed by atoms with Gasteiger partial charge in [-0.1, -0.05) is 0 Å². The number of hydrogen-bond donors (Lipinski definition) is 0. The average Bonchev–Trinajstić information content (AvgIpc) is 2.32.